The Hall–Kier alpha value is -2.63. The van der Waals surface area contributed by atoms with Crippen LogP contribution in [0, 0.1) is 0 Å². The fourth-order valence-corrected chi connectivity index (χ4v) is 3.14. The summed E-state index contributed by atoms with van der Waals surface area (Å²) in [6.45, 7) is 4.84. The molecule has 6 heteroatoms. The normalized spacial score (nSPS) is 14.1. The summed E-state index contributed by atoms with van der Waals surface area (Å²) in [5, 5.41) is 6.98. The highest BCUT2D eigenvalue weighted by Gasteiger charge is 2.19. The van der Waals surface area contributed by atoms with Crippen LogP contribution in [0.3, 0.4) is 0 Å². The van der Waals surface area contributed by atoms with Crippen molar-refractivity contribution in [2.45, 2.75) is 26.2 Å². The quantitative estimate of drug-likeness (QED) is 0.759. The number of carbonyl (C=O) groups excluding carboxylic acids is 2. The first-order chi connectivity index (χ1) is 12.2. The van der Waals surface area contributed by atoms with Gasteiger partial charge in [0, 0.05) is 38.0 Å². The molecule has 6 nitrogen and oxygen atoms in total. The molecule has 0 radical (unpaired) electrons. The van der Waals surface area contributed by atoms with Crippen molar-refractivity contribution in [1.82, 2.24) is 15.2 Å². The first-order valence-corrected chi connectivity index (χ1v) is 8.88. The lowest BCUT2D eigenvalue weighted by molar-refractivity contribution is -0.127. The SMILES string of the molecule is CCNc1cc(C(=O)NCCCN2CCCC2=O)c2ccccc2n1. The molecule has 1 aromatic heterocycles. The molecule has 2 amide bonds. The predicted octanol–water partition coefficient (Wildman–Crippen LogP) is 2.41. The van der Waals surface area contributed by atoms with Crippen molar-refractivity contribution in [2.75, 3.05) is 31.5 Å². The van der Waals surface area contributed by atoms with E-state index in [1.165, 1.54) is 0 Å². The molecule has 1 fully saturated rings. The molecule has 0 atom stereocenters. The first-order valence-electron chi connectivity index (χ1n) is 8.88. The minimum atomic E-state index is -0.106. The zero-order valence-electron chi connectivity index (χ0n) is 14.5. The molecule has 1 aliphatic heterocycles. The molecule has 0 unspecified atom stereocenters. The van der Waals surface area contributed by atoms with Crippen molar-refractivity contribution in [3.8, 4) is 0 Å². The van der Waals surface area contributed by atoms with Gasteiger partial charge >= 0.3 is 0 Å². The minimum Gasteiger partial charge on any atom is -0.370 e. The summed E-state index contributed by atoms with van der Waals surface area (Å²) in [4.78, 5) is 30.6. The topological polar surface area (TPSA) is 74.3 Å². The molecule has 1 aliphatic rings. The Morgan fingerprint density at radius 2 is 2.16 bits per heavy atom. The molecule has 2 aromatic rings. The van der Waals surface area contributed by atoms with Crippen LogP contribution in [0.1, 0.15) is 36.5 Å². The summed E-state index contributed by atoms with van der Waals surface area (Å²) in [5.41, 5.74) is 1.42. The summed E-state index contributed by atoms with van der Waals surface area (Å²) >= 11 is 0. The van der Waals surface area contributed by atoms with Gasteiger partial charge in [-0.25, -0.2) is 4.98 Å². The zero-order valence-corrected chi connectivity index (χ0v) is 14.5. The van der Waals surface area contributed by atoms with Gasteiger partial charge in [-0.2, -0.15) is 0 Å². The number of hydrogen-bond donors (Lipinski definition) is 2. The van der Waals surface area contributed by atoms with E-state index in [9.17, 15) is 9.59 Å². The highest BCUT2D eigenvalue weighted by Crippen LogP contribution is 2.20. The number of likely N-dealkylation sites (tertiary alicyclic amines) is 1. The molecule has 0 spiro atoms. The van der Waals surface area contributed by atoms with E-state index >= 15 is 0 Å². The van der Waals surface area contributed by atoms with Crippen LogP contribution in [0.5, 0.6) is 0 Å². The summed E-state index contributed by atoms with van der Waals surface area (Å²) in [5.74, 6) is 0.821. The number of nitrogens with zero attached hydrogens (tertiary/aromatic N) is 2. The highest BCUT2D eigenvalue weighted by atomic mass is 16.2. The van der Waals surface area contributed by atoms with E-state index in [1.54, 1.807) is 6.07 Å². The number of nitrogens with one attached hydrogen (secondary N) is 2. The van der Waals surface area contributed by atoms with Crippen LogP contribution in [0.15, 0.2) is 30.3 Å². The van der Waals surface area contributed by atoms with E-state index in [1.807, 2.05) is 36.1 Å². The zero-order chi connectivity index (χ0) is 17.6. The van der Waals surface area contributed by atoms with Gasteiger partial charge < -0.3 is 15.5 Å². The minimum absolute atomic E-state index is 0.106. The number of benzene rings is 1. The summed E-state index contributed by atoms with van der Waals surface area (Å²) < 4.78 is 0. The molecule has 2 N–H and O–H groups in total. The maximum atomic E-state index is 12.6. The Labute approximate surface area is 147 Å². The summed E-state index contributed by atoms with van der Waals surface area (Å²) in [6.07, 6.45) is 2.37. The van der Waals surface area contributed by atoms with Crippen molar-refractivity contribution in [2.24, 2.45) is 0 Å². The van der Waals surface area contributed by atoms with Crippen molar-refractivity contribution >= 4 is 28.5 Å². The summed E-state index contributed by atoms with van der Waals surface area (Å²) in [7, 11) is 0. The molecule has 0 aliphatic carbocycles. The molecule has 3 rings (SSSR count). The van der Waals surface area contributed by atoms with E-state index in [0.717, 1.165) is 36.8 Å². The predicted molar refractivity (Wildman–Crippen MR) is 98.7 cm³/mol. The molecule has 25 heavy (non-hydrogen) atoms. The molecule has 2 heterocycles. The number of anilines is 1. The van der Waals surface area contributed by atoms with Crippen LogP contribution in [-0.2, 0) is 4.79 Å². The van der Waals surface area contributed by atoms with Crippen molar-refractivity contribution in [3.63, 3.8) is 0 Å². The number of fused-ring (bicyclic) bond motifs is 1. The number of aromatic nitrogens is 1. The number of rotatable bonds is 7. The molecule has 1 saturated heterocycles. The van der Waals surface area contributed by atoms with Crippen molar-refractivity contribution in [3.05, 3.63) is 35.9 Å². The van der Waals surface area contributed by atoms with Gasteiger partial charge in [0.25, 0.3) is 5.91 Å². The van der Waals surface area contributed by atoms with Crippen LogP contribution in [0.25, 0.3) is 10.9 Å². The second-order valence-corrected chi connectivity index (χ2v) is 6.20. The molecular weight excluding hydrogens is 316 g/mol. The lowest BCUT2D eigenvalue weighted by Crippen LogP contribution is -2.30. The average molecular weight is 340 g/mol. The number of para-hydroxylation sites is 1. The van der Waals surface area contributed by atoms with E-state index < -0.39 is 0 Å². The van der Waals surface area contributed by atoms with E-state index in [2.05, 4.69) is 15.6 Å². The van der Waals surface area contributed by atoms with E-state index in [-0.39, 0.29) is 11.8 Å². The van der Waals surface area contributed by atoms with Gasteiger partial charge in [-0.1, -0.05) is 18.2 Å². The van der Waals surface area contributed by atoms with Crippen LogP contribution < -0.4 is 10.6 Å². The fourth-order valence-electron chi connectivity index (χ4n) is 3.14. The smallest absolute Gasteiger partial charge is 0.252 e. The fraction of sp³-hybridized carbons (Fsp3) is 0.421. The van der Waals surface area contributed by atoms with Crippen molar-refractivity contribution in [1.29, 1.82) is 0 Å². The Balaban J connectivity index is 1.65. The Kier molecular flexibility index (Phi) is 5.48. The third-order valence-corrected chi connectivity index (χ3v) is 4.38. The second-order valence-electron chi connectivity index (χ2n) is 6.20. The lowest BCUT2D eigenvalue weighted by Gasteiger charge is -2.15. The van der Waals surface area contributed by atoms with Gasteiger partial charge in [0.15, 0.2) is 0 Å². The maximum absolute atomic E-state index is 12.6. The number of hydrogen-bond acceptors (Lipinski definition) is 4. The molecular formula is C19H24N4O2. The van der Waals surface area contributed by atoms with Gasteiger partial charge in [-0.3, -0.25) is 9.59 Å². The van der Waals surface area contributed by atoms with Crippen LogP contribution >= 0.6 is 0 Å². The third kappa shape index (κ3) is 4.07. The van der Waals surface area contributed by atoms with E-state index in [0.29, 0.717) is 30.9 Å². The maximum Gasteiger partial charge on any atom is 0.252 e. The van der Waals surface area contributed by atoms with Crippen LogP contribution in [0.2, 0.25) is 0 Å². The van der Waals surface area contributed by atoms with Crippen LogP contribution in [0.4, 0.5) is 5.82 Å². The average Bonchev–Trinajstić information content (AvgIpc) is 3.03. The standard InChI is InChI=1S/C19H24N4O2/c1-2-20-17-13-15(14-7-3-4-8-16(14)22-17)19(25)21-10-6-12-23-11-5-9-18(23)24/h3-4,7-8,13H,2,5-6,9-12H2,1H3,(H,20,22)(H,21,25). The Morgan fingerprint density at radius 1 is 1.32 bits per heavy atom. The molecule has 132 valence electrons. The third-order valence-electron chi connectivity index (χ3n) is 4.38. The van der Waals surface area contributed by atoms with Crippen molar-refractivity contribution < 1.29 is 9.59 Å². The highest BCUT2D eigenvalue weighted by molar-refractivity contribution is 6.06. The molecule has 1 aromatic carbocycles. The van der Waals surface area contributed by atoms with E-state index in [4.69, 9.17) is 0 Å². The monoisotopic (exact) mass is 340 g/mol. The summed E-state index contributed by atoms with van der Waals surface area (Å²) in [6, 6.07) is 9.44. The van der Waals surface area contributed by atoms with Gasteiger partial charge in [-0.05, 0) is 31.9 Å². The largest absolute Gasteiger partial charge is 0.370 e. The van der Waals surface area contributed by atoms with Crippen LogP contribution in [-0.4, -0.2) is 47.9 Å². The first kappa shape index (κ1) is 17.2. The number of carbonyl (C=O) groups is 2. The van der Waals surface area contributed by atoms with Gasteiger partial charge in [-0.15, -0.1) is 0 Å². The number of amides is 2. The molecule has 0 saturated carbocycles. The van der Waals surface area contributed by atoms with Gasteiger partial charge in [0.2, 0.25) is 5.91 Å². The number of pyridine rings is 1. The Morgan fingerprint density at radius 3 is 2.92 bits per heavy atom. The second kappa shape index (κ2) is 7.96. The Bertz CT molecular complexity index is 775. The lowest BCUT2D eigenvalue weighted by atomic mass is 10.1. The molecule has 0 bridgehead atoms. The van der Waals surface area contributed by atoms with Gasteiger partial charge in [0.05, 0.1) is 11.1 Å². The van der Waals surface area contributed by atoms with Gasteiger partial charge in [0.1, 0.15) is 5.82 Å².